The smallest absolute Gasteiger partial charge is 0.176 e. The predicted octanol–water partition coefficient (Wildman–Crippen LogP) is 4.99. The maximum atomic E-state index is 12.1. The minimum absolute atomic E-state index is 0.0858. The lowest BCUT2D eigenvalue weighted by Gasteiger charge is -2.09. The van der Waals surface area contributed by atoms with Gasteiger partial charge >= 0.3 is 0 Å². The first-order valence-corrected chi connectivity index (χ1v) is 7.29. The largest absolute Gasteiger partial charge is 0.293 e. The highest BCUT2D eigenvalue weighted by Crippen LogP contribution is 2.42. The molecule has 0 amide bonds. The number of halogens is 3. The summed E-state index contributed by atoms with van der Waals surface area (Å²) in [5.74, 6) is 1.53. The molecule has 1 aromatic rings. The van der Waals surface area contributed by atoms with Gasteiger partial charge in [0, 0.05) is 5.56 Å². The van der Waals surface area contributed by atoms with Crippen molar-refractivity contribution in [2.75, 3.05) is 0 Å². The quantitative estimate of drug-likeness (QED) is 0.559. The summed E-state index contributed by atoms with van der Waals surface area (Å²) >= 11 is 15.2. The van der Waals surface area contributed by atoms with Gasteiger partial charge in [-0.3, -0.25) is 4.79 Å². The molecule has 0 heterocycles. The first-order chi connectivity index (χ1) is 7.99. The molecule has 1 aliphatic carbocycles. The Kier molecular flexibility index (Phi) is 4.17. The van der Waals surface area contributed by atoms with Crippen molar-refractivity contribution < 1.29 is 4.79 Å². The number of carbonyl (C=O) groups is 1. The SMILES string of the molecule is CC1CC1CC(Br)C(=O)c1ccc(Cl)c(Cl)c1. The topological polar surface area (TPSA) is 17.1 Å². The van der Waals surface area contributed by atoms with E-state index in [4.69, 9.17) is 23.2 Å². The number of hydrogen-bond acceptors (Lipinski definition) is 1. The third kappa shape index (κ3) is 3.24. The first kappa shape index (κ1) is 13.4. The van der Waals surface area contributed by atoms with Gasteiger partial charge in [-0.25, -0.2) is 0 Å². The van der Waals surface area contributed by atoms with Gasteiger partial charge in [0.25, 0.3) is 0 Å². The highest BCUT2D eigenvalue weighted by atomic mass is 79.9. The standard InChI is InChI=1S/C13H13BrCl2O/c1-7-4-9(7)5-10(14)13(17)8-2-3-11(15)12(16)6-8/h2-3,6-7,9-10H,4-5H2,1H3. The van der Waals surface area contributed by atoms with E-state index in [0.717, 1.165) is 12.3 Å². The molecular weight excluding hydrogens is 323 g/mol. The van der Waals surface area contributed by atoms with Crippen molar-refractivity contribution in [1.82, 2.24) is 0 Å². The zero-order valence-electron chi connectivity index (χ0n) is 9.42. The van der Waals surface area contributed by atoms with Gasteiger partial charge in [0.15, 0.2) is 5.78 Å². The van der Waals surface area contributed by atoms with Crippen LogP contribution in [0, 0.1) is 11.8 Å². The van der Waals surface area contributed by atoms with Gasteiger partial charge in [0.05, 0.1) is 14.9 Å². The minimum Gasteiger partial charge on any atom is -0.293 e. The van der Waals surface area contributed by atoms with Crippen LogP contribution in [0.25, 0.3) is 0 Å². The van der Waals surface area contributed by atoms with Gasteiger partial charge < -0.3 is 0 Å². The van der Waals surface area contributed by atoms with E-state index >= 15 is 0 Å². The predicted molar refractivity (Wildman–Crippen MR) is 75.4 cm³/mol. The summed E-state index contributed by atoms with van der Waals surface area (Å²) in [4.78, 5) is 12.0. The molecule has 3 atom stereocenters. The van der Waals surface area contributed by atoms with E-state index in [9.17, 15) is 4.79 Å². The molecule has 0 radical (unpaired) electrons. The van der Waals surface area contributed by atoms with Gasteiger partial charge in [-0.05, 0) is 42.9 Å². The molecule has 0 saturated heterocycles. The number of benzene rings is 1. The van der Waals surface area contributed by atoms with Crippen LogP contribution in [0.5, 0.6) is 0 Å². The fourth-order valence-corrected chi connectivity index (χ4v) is 2.97. The molecule has 0 N–H and O–H groups in total. The Hall–Kier alpha value is -0.0500. The summed E-state index contributed by atoms with van der Waals surface area (Å²) in [6.45, 7) is 2.22. The van der Waals surface area contributed by atoms with E-state index in [1.807, 2.05) is 0 Å². The zero-order chi connectivity index (χ0) is 12.6. The second kappa shape index (κ2) is 5.29. The Balaban J connectivity index is 2.05. The monoisotopic (exact) mass is 334 g/mol. The van der Waals surface area contributed by atoms with E-state index in [-0.39, 0.29) is 10.6 Å². The van der Waals surface area contributed by atoms with E-state index in [0.29, 0.717) is 21.5 Å². The summed E-state index contributed by atoms with van der Waals surface area (Å²) in [6.07, 6.45) is 2.14. The molecule has 1 nitrogen and oxygen atoms in total. The lowest BCUT2D eigenvalue weighted by molar-refractivity contribution is 0.0986. The van der Waals surface area contributed by atoms with Gasteiger partial charge in [-0.1, -0.05) is 46.1 Å². The number of Topliss-reactive ketones (excluding diaryl/α,β-unsaturated/α-hetero) is 1. The Bertz CT molecular complexity index is 447. The fourth-order valence-electron chi connectivity index (χ4n) is 1.93. The molecular formula is C13H13BrCl2O. The highest BCUT2D eigenvalue weighted by molar-refractivity contribution is 9.10. The molecule has 17 heavy (non-hydrogen) atoms. The lowest BCUT2D eigenvalue weighted by Crippen LogP contribution is -2.15. The Labute approximate surface area is 120 Å². The molecule has 2 rings (SSSR count). The van der Waals surface area contributed by atoms with Crippen LogP contribution in [-0.4, -0.2) is 10.6 Å². The maximum Gasteiger partial charge on any atom is 0.176 e. The Morgan fingerprint density at radius 3 is 2.65 bits per heavy atom. The van der Waals surface area contributed by atoms with Crippen molar-refractivity contribution in [1.29, 1.82) is 0 Å². The van der Waals surface area contributed by atoms with E-state index in [2.05, 4.69) is 22.9 Å². The normalized spacial score (nSPS) is 24.5. The van der Waals surface area contributed by atoms with Crippen LogP contribution in [0.15, 0.2) is 18.2 Å². The van der Waals surface area contributed by atoms with Crippen LogP contribution in [-0.2, 0) is 0 Å². The third-order valence-corrected chi connectivity index (χ3v) is 4.80. The van der Waals surface area contributed by atoms with Crippen LogP contribution >= 0.6 is 39.1 Å². The summed E-state index contributed by atoms with van der Waals surface area (Å²) in [5.41, 5.74) is 0.620. The third-order valence-electron chi connectivity index (χ3n) is 3.27. The van der Waals surface area contributed by atoms with Crippen molar-refractivity contribution in [3.8, 4) is 0 Å². The fraction of sp³-hybridized carbons (Fsp3) is 0.462. The molecule has 92 valence electrons. The van der Waals surface area contributed by atoms with Crippen molar-refractivity contribution in [2.45, 2.75) is 24.6 Å². The van der Waals surface area contributed by atoms with E-state index < -0.39 is 0 Å². The van der Waals surface area contributed by atoms with Gasteiger partial charge in [0.2, 0.25) is 0 Å². The molecule has 1 aliphatic rings. The van der Waals surface area contributed by atoms with Crippen molar-refractivity contribution in [2.24, 2.45) is 11.8 Å². The first-order valence-electron chi connectivity index (χ1n) is 5.62. The molecule has 4 heteroatoms. The van der Waals surface area contributed by atoms with E-state index in [1.165, 1.54) is 6.42 Å². The average Bonchev–Trinajstić information content (AvgIpc) is 2.97. The zero-order valence-corrected chi connectivity index (χ0v) is 12.5. The van der Waals surface area contributed by atoms with E-state index in [1.54, 1.807) is 18.2 Å². The molecule has 0 aromatic heterocycles. The second-order valence-electron chi connectivity index (χ2n) is 4.67. The molecule has 1 fully saturated rings. The molecule has 0 bridgehead atoms. The van der Waals surface area contributed by atoms with Crippen LogP contribution in [0.4, 0.5) is 0 Å². The summed E-state index contributed by atoms with van der Waals surface area (Å²) in [6, 6.07) is 5.02. The Morgan fingerprint density at radius 1 is 1.47 bits per heavy atom. The molecule has 1 saturated carbocycles. The summed E-state index contributed by atoms with van der Waals surface area (Å²) in [7, 11) is 0. The average molecular weight is 336 g/mol. The van der Waals surface area contributed by atoms with Crippen molar-refractivity contribution in [3.63, 3.8) is 0 Å². The van der Waals surface area contributed by atoms with Crippen molar-refractivity contribution in [3.05, 3.63) is 33.8 Å². The maximum absolute atomic E-state index is 12.1. The van der Waals surface area contributed by atoms with Gasteiger partial charge in [0.1, 0.15) is 0 Å². The molecule has 0 aliphatic heterocycles. The minimum atomic E-state index is -0.116. The van der Waals surface area contributed by atoms with Gasteiger partial charge in [-0.2, -0.15) is 0 Å². The summed E-state index contributed by atoms with van der Waals surface area (Å²) in [5, 5.41) is 0.905. The summed E-state index contributed by atoms with van der Waals surface area (Å²) < 4.78 is 0. The van der Waals surface area contributed by atoms with Crippen LogP contribution in [0.2, 0.25) is 10.0 Å². The molecule has 1 aromatic carbocycles. The van der Waals surface area contributed by atoms with Crippen LogP contribution in [0.1, 0.15) is 30.1 Å². The number of carbonyl (C=O) groups excluding carboxylic acids is 1. The van der Waals surface area contributed by atoms with Crippen LogP contribution in [0.3, 0.4) is 0 Å². The molecule has 3 unspecified atom stereocenters. The number of hydrogen-bond donors (Lipinski definition) is 0. The number of alkyl halides is 1. The van der Waals surface area contributed by atoms with Crippen LogP contribution < -0.4 is 0 Å². The second-order valence-corrected chi connectivity index (χ2v) is 6.59. The van der Waals surface area contributed by atoms with Crippen molar-refractivity contribution >= 4 is 44.9 Å². The van der Waals surface area contributed by atoms with Gasteiger partial charge in [-0.15, -0.1) is 0 Å². The number of rotatable bonds is 4. The number of ketones is 1. The Morgan fingerprint density at radius 2 is 2.12 bits per heavy atom. The highest BCUT2D eigenvalue weighted by Gasteiger charge is 2.35. The lowest BCUT2D eigenvalue weighted by atomic mass is 10.0. The molecule has 0 spiro atoms.